The summed E-state index contributed by atoms with van der Waals surface area (Å²) < 4.78 is 35.2. The van der Waals surface area contributed by atoms with E-state index in [4.69, 9.17) is 16.0 Å². The zero-order valence-electron chi connectivity index (χ0n) is 16.4. The van der Waals surface area contributed by atoms with Crippen molar-refractivity contribution in [1.82, 2.24) is 19.1 Å². The van der Waals surface area contributed by atoms with Crippen molar-refractivity contribution in [2.45, 2.75) is 37.0 Å². The van der Waals surface area contributed by atoms with Crippen LogP contribution >= 0.6 is 11.6 Å². The SMILES string of the molecule is Cc1nn(C)cc1S(=O)(=O)N1CCC[C@H](c2ncc(Cc3ccccc3Cl)o2)C1. The predicted molar refractivity (Wildman–Crippen MR) is 109 cm³/mol. The molecule has 1 fully saturated rings. The highest BCUT2D eigenvalue weighted by Gasteiger charge is 2.34. The molecule has 7 nitrogen and oxygen atoms in total. The normalized spacial score (nSPS) is 18.2. The smallest absolute Gasteiger partial charge is 0.246 e. The lowest BCUT2D eigenvalue weighted by Crippen LogP contribution is -2.39. The van der Waals surface area contributed by atoms with E-state index >= 15 is 0 Å². The van der Waals surface area contributed by atoms with Gasteiger partial charge in [-0.15, -0.1) is 0 Å². The fourth-order valence-electron chi connectivity index (χ4n) is 3.76. The van der Waals surface area contributed by atoms with Crippen LogP contribution in [0.1, 0.15) is 41.7 Å². The first-order chi connectivity index (χ1) is 13.8. The molecule has 29 heavy (non-hydrogen) atoms. The number of piperidine rings is 1. The summed E-state index contributed by atoms with van der Waals surface area (Å²) in [6.07, 6.45) is 5.41. The third-order valence-corrected chi connectivity index (χ3v) is 7.55. The number of nitrogens with zero attached hydrogens (tertiary/aromatic N) is 4. The molecule has 9 heteroatoms. The Bertz CT molecular complexity index is 1120. The van der Waals surface area contributed by atoms with Gasteiger partial charge in [0.2, 0.25) is 10.0 Å². The first-order valence-corrected chi connectivity index (χ1v) is 11.3. The molecule has 0 spiro atoms. The van der Waals surface area contributed by atoms with E-state index in [0.29, 0.717) is 36.1 Å². The second-order valence-electron chi connectivity index (χ2n) is 7.39. The van der Waals surface area contributed by atoms with E-state index in [0.717, 1.165) is 24.2 Å². The van der Waals surface area contributed by atoms with E-state index in [1.54, 1.807) is 26.4 Å². The quantitative estimate of drug-likeness (QED) is 0.613. The number of benzene rings is 1. The third-order valence-electron chi connectivity index (χ3n) is 5.21. The standard InChI is InChI=1S/C20H23ClN4O3S/c1-14-19(13-24(2)23-14)29(26,27)25-9-5-7-16(12-25)20-22-11-17(28-20)10-15-6-3-4-8-18(15)21/h3-4,6,8,11,13,16H,5,7,9-10,12H2,1-2H3/t16-/m0/s1. The van der Waals surface area contributed by atoms with Gasteiger partial charge in [-0.25, -0.2) is 13.4 Å². The molecule has 0 radical (unpaired) electrons. The highest BCUT2D eigenvalue weighted by molar-refractivity contribution is 7.89. The molecule has 1 aromatic carbocycles. The topological polar surface area (TPSA) is 81.2 Å². The van der Waals surface area contributed by atoms with Crippen LogP contribution in [0.25, 0.3) is 0 Å². The van der Waals surface area contributed by atoms with Gasteiger partial charge in [0.1, 0.15) is 10.7 Å². The fourth-order valence-corrected chi connectivity index (χ4v) is 5.68. The van der Waals surface area contributed by atoms with Crippen LogP contribution in [0, 0.1) is 6.92 Å². The molecule has 2 aromatic heterocycles. The summed E-state index contributed by atoms with van der Waals surface area (Å²) in [5, 5.41) is 4.86. The lowest BCUT2D eigenvalue weighted by atomic mass is 10.00. The van der Waals surface area contributed by atoms with Gasteiger partial charge in [-0.2, -0.15) is 9.40 Å². The van der Waals surface area contributed by atoms with Gasteiger partial charge in [-0.1, -0.05) is 29.8 Å². The molecule has 1 aliphatic rings. The molecule has 3 aromatic rings. The summed E-state index contributed by atoms with van der Waals surface area (Å²) in [7, 11) is -1.88. The maximum Gasteiger partial charge on any atom is 0.246 e. The van der Waals surface area contributed by atoms with Crippen LogP contribution in [-0.2, 0) is 23.5 Å². The van der Waals surface area contributed by atoms with Crippen LogP contribution in [0.2, 0.25) is 5.02 Å². The molecule has 0 bridgehead atoms. The molecule has 1 saturated heterocycles. The average molecular weight is 435 g/mol. The van der Waals surface area contributed by atoms with Crippen molar-refractivity contribution < 1.29 is 12.8 Å². The summed E-state index contributed by atoms with van der Waals surface area (Å²) in [4.78, 5) is 4.69. The largest absolute Gasteiger partial charge is 0.445 e. The second-order valence-corrected chi connectivity index (χ2v) is 9.70. The number of aromatic nitrogens is 3. The first kappa shape index (κ1) is 20.1. The van der Waals surface area contributed by atoms with Gasteiger partial charge in [0, 0.05) is 43.7 Å². The number of aryl methyl sites for hydroxylation is 2. The number of hydrogen-bond donors (Lipinski definition) is 0. The zero-order chi connectivity index (χ0) is 20.6. The van der Waals surface area contributed by atoms with E-state index in [9.17, 15) is 8.42 Å². The van der Waals surface area contributed by atoms with Crippen molar-refractivity contribution in [3.05, 3.63) is 64.6 Å². The summed E-state index contributed by atoms with van der Waals surface area (Å²) in [5.41, 5.74) is 1.48. The molecule has 1 atom stereocenters. The first-order valence-electron chi connectivity index (χ1n) is 9.53. The number of halogens is 1. The Kier molecular flexibility index (Phi) is 5.50. The van der Waals surface area contributed by atoms with Crippen LogP contribution in [0.4, 0.5) is 0 Å². The predicted octanol–water partition coefficient (Wildman–Crippen LogP) is 3.53. The zero-order valence-corrected chi connectivity index (χ0v) is 17.9. The van der Waals surface area contributed by atoms with Gasteiger partial charge in [0.05, 0.1) is 11.9 Å². The molecule has 4 rings (SSSR count). The lowest BCUT2D eigenvalue weighted by molar-refractivity contribution is 0.281. The van der Waals surface area contributed by atoms with Gasteiger partial charge in [-0.3, -0.25) is 4.68 Å². The minimum Gasteiger partial charge on any atom is -0.445 e. The van der Waals surface area contributed by atoms with Crippen LogP contribution in [-0.4, -0.2) is 40.6 Å². The third kappa shape index (κ3) is 4.10. The van der Waals surface area contributed by atoms with Gasteiger partial charge >= 0.3 is 0 Å². The number of oxazole rings is 1. The molecular weight excluding hydrogens is 412 g/mol. The van der Waals surface area contributed by atoms with E-state index in [-0.39, 0.29) is 10.8 Å². The van der Waals surface area contributed by atoms with E-state index in [1.807, 2.05) is 24.3 Å². The molecule has 0 amide bonds. The molecular formula is C20H23ClN4O3S. The van der Waals surface area contributed by atoms with Crippen molar-refractivity contribution >= 4 is 21.6 Å². The molecule has 3 heterocycles. The van der Waals surface area contributed by atoms with Crippen molar-refractivity contribution in [3.63, 3.8) is 0 Å². The van der Waals surface area contributed by atoms with Crippen molar-refractivity contribution in [2.24, 2.45) is 7.05 Å². The number of rotatable bonds is 5. The highest BCUT2D eigenvalue weighted by Crippen LogP contribution is 2.31. The minimum absolute atomic E-state index is 0.0736. The van der Waals surface area contributed by atoms with Crippen LogP contribution < -0.4 is 0 Å². The van der Waals surface area contributed by atoms with Gasteiger partial charge in [-0.05, 0) is 31.4 Å². The van der Waals surface area contributed by atoms with Crippen molar-refractivity contribution in [3.8, 4) is 0 Å². The average Bonchev–Trinajstić information content (AvgIpc) is 3.30. The number of sulfonamides is 1. The monoisotopic (exact) mass is 434 g/mol. The molecule has 0 unspecified atom stereocenters. The maximum absolute atomic E-state index is 13.1. The maximum atomic E-state index is 13.1. The molecule has 0 aliphatic carbocycles. The highest BCUT2D eigenvalue weighted by atomic mass is 35.5. The van der Waals surface area contributed by atoms with Gasteiger partial charge in [0.25, 0.3) is 0 Å². The van der Waals surface area contributed by atoms with E-state index < -0.39 is 10.0 Å². The second kappa shape index (κ2) is 7.93. The Labute approximate surface area is 175 Å². The molecule has 154 valence electrons. The summed E-state index contributed by atoms with van der Waals surface area (Å²) in [6.45, 7) is 2.55. The van der Waals surface area contributed by atoms with Crippen molar-refractivity contribution in [1.29, 1.82) is 0 Å². The Morgan fingerprint density at radius 2 is 2.10 bits per heavy atom. The summed E-state index contributed by atoms with van der Waals surface area (Å²) in [6, 6.07) is 7.62. The number of hydrogen-bond acceptors (Lipinski definition) is 5. The lowest BCUT2D eigenvalue weighted by Gasteiger charge is -2.30. The van der Waals surface area contributed by atoms with Crippen LogP contribution in [0.5, 0.6) is 0 Å². The fraction of sp³-hybridized carbons (Fsp3) is 0.400. The Morgan fingerprint density at radius 3 is 2.83 bits per heavy atom. The Balaban J connectivity index is 1.51. The molecule has 0 N–H and O–H groups in total. The van der Waals surface area contributed by atoms with E-state index in [2.05, 4.69) is 10.1 Å². The molecule has 0 saturated carbocycles. The summed E-state index contributed by atoms with van der Waals surface area (Å²) >= 11 is 6.23. The van der Waals surface area contributed by atoms with Gasteiger partial charge < -0.3 is 4.42 Å². The van der Waals surface area contributed by atoms with Gasteiger partial charge in [0.15, 0.2) is 5.89 Å². The van der Waals surface area contributed by atoms with E-state index in [1.165, 1.54) is 8.99 Å². The summed E-state index contributed by atoms with van der Waals surface area (Å²) in [5.74, 6) is 1.22. The van der Waals surface area contributed by atoms with Crippen LogP contribution in [0.3, 0.4) is 0 Å². The Hall–Kier alpha value is -2.16. The van der Waals surface area contributed by atoms with Crippen LogP contribution in [0.15, 0.2) is 46.0 Å². The van der Waals surface area contributed by atoms with Crippen molar-refractivity contribution in [2.75, 3.05) is 13.1 Å². The molecule has 1 aliphatic heterocycles. The Morgan fingerprint density at radius 1 is 1.31 bits per heavy atom. The minimum atomic E-state index is -3.60.